The lowest BCUT2D eigenvalue weighted by Crippen LogP contribution is -2.25. The molecule has 1 aliphatic rings. The van der Waals surface area contributed by atoms with Gasteiger partial charge >= 0.3 is 5.97 Å². The van der Waals surface area contributed by atoms with Crippen LogP contribution in [-0.2, 0) is 17.6 Å². The molecule has 1 atom stereocenters. The number of rotatable bonds is 5. The average Bonchev–Trinajstić information content (AvgIpc) is 2.66. The maximum absolute atomic E-state index is 12.2. The predicted molar refractivity (Wildman–Crippen MR) is 118 cm³/mol. The molecule has 29 heavy (non-hydrogen) atoms. The molecular formula is C25H33NO3. The number of carbonyl (C=O) groups is 1. The topological polar surface area (TPSA) is 47.6 Å². The van der Waals surface area contributed by atoms with Gasteiger partial charge in [-0.3, -0.25) is 4.79 Å². The van der Waals surface area contributed by atoms with Crippen LogP contribution in [0.5, 0.6) is 11.5 Å². The summed E-state index contributed by atoms with van der Waals surface area (Å²) >= 11 is 0. The molecule has 0 spiro atoms. The molecule has 0 fully saturated rings. The lowest BCUT2D eigenvalue weighted by molar-refractivity contribution is -0.143. The molecule has 0 saturated heterocycles. The molecule has 4 heteroatoms. The fourth-order valence-corrected chi connectivity index (χ4v) is 3.77. The van der Waals surface area contributed by atoms with E-state index in [0.717, 1.165) is 30.7 Å². The molecule has 156 valence electrons. The monoisotopic (exact) mass is 395 g/mol. The first-order chi connectivity index (χ1) is 13.7. The highest BCUT2D eigenvalue weighted by Gasteiger charge is 2.26. The molecule has 0 radical (unpaired) electrons. The number of benzene rings is 2. The molecule has 3 rings (SSSR count). The molecule has 2 aromatic rings. The Balaban J connectivity index is 1.80. The van der Waals surface area contributed by atoms with E-state index in [-0.39, 0.29) is 5.97 Å². The zero-order valence-corrected chi connectivity index (χ0v) is 18.5. The van der Waals surface area contributed by atoms with Crippen molar-refractivity contribution in [2.45, 2.75) is 65.8 Å². The number of hydrogen-bond donors (Lipinski definition) is 1. The molecule has 0 bridgehead atoms. The zero-order chi connectivity index (χ0) is 21.2. The summed E-state index contributed by atoms with van der Waals surface area (Å²) in [6.45, 7) is 9.92. The third kappa shape index (κ3) is 5.11. The number of hydrogen-bond acceptors (Lipinski definition) is 4. The van der Waals surface area contributed by atoms with Gasteiger partial charge in [-0.05, 0) is 94.7 Å². The second-order valence-electron chi connectivity index (χ2n) is 9.26. The van der Waals surface area contributed by atoms with Crippen LogP contribution in [-0.4, -0.2) is 19.1 Å². The highest BCUT2D eigenvalue weighted by Crippen LogP contribution is 2.39. The normalized spacial score (nSPS) is 16.3. The summed E-state index contributed by atoms with van der Waals surface area (Å²) in [5, 5.41) is 3.58. The van der Waals surface area contributed by atoms with Crippen LogP contribution < -0.4 is 14.8 Å². The standard InChI is InChI=1S/C25H33NO3/c1-16(2)26-23-15-20(28-6)11-12-22(23)19-8-7-18-14-21(10-9-17(18)13-19)29-24(27)25(3,4)5/h9-12,14-16,19,26H,7-8,13H2,1-6H3/t19-/m1/s1. The minimum absolute atomic E-state index is 0.200. The summed E-state index contributed by atoms with van der Waals surface area (Å²) in [4.78, 5) is 12.2. The quantitative estimate of drug-likeness (QED) is 0.518. The molecule has 1 aliphatic carbocycles. The van der Waals surface area contributed by atoms with E-state index in [2.05, 4.69) is 37.4 Å². The fraction of sp³-hybridized carbons (Fsp3) is 0.480. The largest absolute Gasteiger partial charge is 0.497 e. The van der Waals surface area contributed by atoms with E-state index in [1.165, 1.54) is 16.7 Å². The molecule has 4 nitrogen and oxygen atoms in total. The molecule has 0 unspecified atom stereocenters. The number of carbonyl (C=O) groups excluding carboxylic acids is 1. The van der Waals surface area contributed by atoms with E-state index in [1.54, 1.807) is 7.11 Å². The Kier molecular flexibility index (Phi) is 6.21. The molecule has 2 aromatic carbocycles. The first kappa shape index (κ1) is 21.2. The van der Waals surface area contributed by atoms with Crippen LogP contribution in [0.3, 0.4) is 0 Å². The number of methoxy groups -OCH3 is 1. The van der Waals surface area contributed by atoms with Crippen LogP contribution in [0.1, 0.15) is 63.6 Å². The number of aryl methyl sites for hydroxylation is 1. The third-order valence-corrected chi connectivity index (χ3v) is 5.37. The highest BCUT2D eigenvalue weighted by atomic mass is 16.5. The Bertz CT molecular complexity index is 880. The van der Waals surface area contributed by atoms with Crippen LogP contribution in [0.4, 0.5) is 5.69 Å². The van der Waals surface area contributed by atoms with E-state index >= 15 is 0 Å². The van der Waals surface area contributed by atoms with Gasteiger partial charge in [-0.2, -0.15) is 0 Å². The van der Waals surface area contributed by atoms with Crippen molar-refractivity contribution in [1.29, 1.82) is 0 Å². The van der Waals surface area contributed by atoms with Crippen LogP contribution in [0, 0.1) is 5.41 Å². The summed E-state index contributed by atoms with van der Waals surface area (Å²) in [5.74, 6) is 1.78. The van der Waals surface area contributed by atoms with Gasteiger partial charge < -0.3 is 14.8 Å². The van der Waals surface area contributed by atoms with Crippen LogP contribution in [0.15, 0.2) is 36.4 Å². The van der Waals surface area contributed by atoms with E-state index in [4.69, 9.17) is 9.47 Å². The van der Waals surface area contributed by atoms with Crippen molar-refractivity contribution < 1.29 is 14.3 Å². The van der Waals surface area contributed by atoms with E-state index < -0.39 is 5.41 Å². The smallest absolute Gasteiger partial charge is 0.316 e. The minimum Gasteiger partial charge on any atom is -0.497 e. The molecule has 0 saturated carbocycles. The number of fused-ring (bicyclic) bond motifs is 1. The van der Waals surface area contributed by atoms with Gasteiger partial charge in [0.05, 0.1) is 12.5 Å². The van der Waals surface area contributed by atoms with Gasteiger partial charge in [0.2, 0.25) is 0 Å². The summed E-state index contributed by atoms with van der Waals surface area (Å²) in [6.07, 6.45) is 3.04. The number of ether oxygens (including phenoxy) is 2. The van der Waals surface area contributed by atoms with Gasteiger partial charge in [-0.1, -0.05) is 12.1 Å². The number of anilines is 1. The minimum atomic E-state index is -0.505. The van der Waals surface area contributed by atoms with Gasteiger partial charge in [-0.15, -0.1) is 0 Å². The highest BCUT2D eigenvalue weighted by molar-refractivity contribution is 5.77. The molecule has 0 aliphatic heterocycles. The van der Waals surface area contributed by atoms with Gasteiger partial charge in [0.25, 0.3) is 0 Å². The number of esters is 1. The maximum atomic E-state index is 12.2. The molecule has 1 N–H and O–H groups in total. The van der Waals surface area contributed by atoms with Crippen molar-refractivity contribution in [2.24, 2.45) is 5.41 Å². The van der Waals surface area contributed by atoms with Crippen molar-refractivity contribution in [3.63, 3.8) is 0 Å². The predicted octanol–water partition coefficient (Wildman–Crippen LogP) is 5.74. The Labute approximate surface area is 174 Å². The third-order valence-electron chi connectivity index (χ3n) is 5.37. The fourth-order valence-electron chi connectivity index (χ4n) is 3.77. The number of nitrogens with one attached hydrogen (secondary N) is 1. The van der Waals surface area contributed by atoms with Crippen molar-refractivity contribution in [2.75, 3.05) is 12.4 Å². The Morgan fingerprint density at radius 1 is 1.07 bits per heavy atom. The Hall–Kier alpha value is -2.49. The second kappa shape index (κ2) is 8.48. The lowest BCUT2D eigenvalue weighted by Gasteiger charge is -2.28. The Morgan fingerprint density at radius 2 is 1.79 bits per heavy atom. The van der Waals surface area contributed by atoms with Crippen LogP contribution in [0.25, 0.3) is 0 Å². The Morgan fingerprint density at radius 3 is 2.45 bits per heavy atom. The van der Waals surface area contributed by atoms with E-state index in [9.17, 15) is 4.79 Å². The lowest BCUT2D eigenvalue weighted by atomic mass is 9.79. The summed E-state index contributed by atoms with van der Waals surface area (Å²) in [7, 11) is 1.70. The van der Waals surface area contributed by atoms with E-state index in [0.29, 0.717) is 17.7 Å². The SMILES string of the molecule is COc1ccc([C@@H]2CCc3cc(OC(=O)C(C)(C)C)ccc3C2)c(NC(C)C)c1. The molecular weight excluding hydrogens is 362 g/mol. The van der Waals surface area contributed by atoms with Gasteiger partial charge in [0.15, 0.2) is 0 Å². The van der Waals surface area contributed by atoms with Crippen LogP contribution >= 0.6 is 0 Å². The van der Waals surface area contributed by atoms with Crippen molar-refractivity contribution >= 4 is 11.7 Å². The molecule has 0 amide bonds. The molecule has 0 heterocycles. The van der Waals surface area contributed by atoms with Gasteiger partial charge in [-0.25, -0.2) is 0 Å². The van der Waals surface area contributed by atoms with Crippen molar-refractivity contribution in [3.8, 4) is 11.5 Å². The average molecular weight is 396 g/mol. The van der Waals surface area contributed by atoms with Crippen LogP contribution in [0.2, 0.25) is 0 Å². The van der Waals surface area contributed by atoms with E-state index in [1.807, 2.05) is 39.0 Å². The zero-order valence-electron chi connectivity index (χ0n) is 18.5. The van der Waals surface area contributed by atoms with Gasteiger partial charge in [0, 0.05) is 17.8 Å². The van der Waals surface area contributed by atoms with Gasteiger partial charge in [0.1, 0.15) is 11.5 Å². The first-order valence-electron chi connectivity index (χ1n) is 10.5. The summed E-state index contributed by atoms with van der Waals surface area (Å²) < 4.78 is 11.0. The van der Waals surface area contributed by atoms with Crippen molar-refractivity contribution in [1.82, 2.24) is 0 Å². The summed E-state index contributed by atoms with van der Waals surface area (Å²) in [6, 6.07) is 12.8. The van der Waals surface area contributed by atoms with Crippen molar-refractivity contribution in [3.05, 3.63) is 53.1 Å². The first-order valence-corrected chi connectivity index (χ1v) is 10.5. The maximum Gasteiger partial charge on any atom is 0.316 e. The molecule has 0 aromatic heterocycles. The summed E-state index contributed by atoms with van der Waals surface area (Å²) in [5.41, 5.74) is 4.61. The second-order valence-corrected chi connectivity index (χ2v) is 9.26.